The predicted octanol–water partition coefficient (Wildman–Crippen LogP) is 1.09. The van der Waals surface area contributed by atoms with Crippen molar-refractivity contribution in [3.8, 4) is 0 Å². The fourth-order valence-electron chi connectivity index (χ4n) is 1.23. The monoisotopic (exact) mass is 273 g/mol. The maximum Gasteiger partial charge on any atom is 0.297 e. The Bertz CT molecular complexity index is 578. The molecule has 0 spiro atoms. The number of ether oxygens (including phenoxy) is 1. The zero-order valence-corrected chi connectivity index (χ0v) is 10.3. The highest BCUT2D eigenvalue weighted by atomic mass is 32.2. The van der Waals surface area contributed by atoms with Gasteiger partial charge in [-0.1, -0.05) is 6.07 Å². The van der Waals surface area contributed by atoms with Crippen molar-refractivity contribution >= 4 is 15.8 Å². The third kappa shape index (κ3) is 2.84. The van der Waals surface area contributed by atoms with E-state index in [0.717, 1.165) is 6.07 Å². The van der Waals surface area contributed by atoms with Crippen LogP contribution in [0.25, 0.3) is 0 Å². The summed E-state index contributed by atoms with van der Waals surface area (Å²) in [6, 6.07) is 4.72. The second kappa shape index (κ2) is 4.30. The standard InChI is InChI=1S/C10H11NO6S/c1-10(6-16-10)7-17-18(14,15)9-4-2-3-8(5-9)11(12)13/h2-5H,6-7H2,1H3/t10-/m1/s1. The first-order valence-corrected chi connectivity index (χ1v) is 6.51. The van der Waals surface area contributed by atoms with Gasteiger partial charge in [-0.3, -0.25) is 14.3 Å². The lowest BCUT2D eigenvalue weighted by Gasteiger charge is -2.07. The van der Waals surface area contributed by atoms with Gasteiger partial charge in [0.05, 0.1) is 18.1 Å². The van der Waals surface area contributed by atoms with Crippen LogP contribution in [0.4, 0.5) is 5.69 Å². The van der Waals surface area contributed by atoms with Crippen LogP contribution in [-0.2, 0) is 19.0 Å². The summed E-state index contributed by atoms with van der Waals surface area (Å²) in [5.41, 5.74) is -0.859. The first-order chi connectivity index (χ1) is 8.32. The molecule has 8 heteroatoms. The lowest BCUT2D eigenvalue weighted by molar-refractivity contribution is -0.385. The van der Waals surface area contributed by atoms with Crippen LogP contribution in [0.1, 0.15) is 6.92 Å². The number of epoxide rings is 1. The second-order valence-electron chi connectivity index (χ2n) is 4.21. The van der Waals surface area contributed by atoms with Gasteiger partial charge in [0.1, 0.15) is 10.5 Å². The molecule has 0 N–H and O–H groups in total. The molecule has 1 saturated heterocycles. The third-order valence-corrected chi connectivity index (χ3v) is 3.73. The summed E-state index contributed by atoms with van der Waals surface area (Å²) >= 11 is 0. The molecule has 1 aromatic rings. The molecule has 1 atom stereocenters. The van der Waals surface area contributed by atoms with Crippen molar-refractivity contribution in [2.75, 3.05) is 13.2 Å². The minimum absolute atomic E-state index is 0.0992. The van der Waals surface area contributed by atoms with Gasteiger partial charge in [0.15, 0.2) is 0 Å². The molecule has 0 aliphatic carbocycles. The summed E-state index contributed by atoms with van der Waals surface area (Å²) in [6.45, 7) is 2.06. The molecule has 0 bridgehead atoms. The van der Waals surface area contributed by atoms with Crippen molar-refractivity contribution in [2.45, 2.75) is 17.4 Å². The quantitative estimate of drug-likeness (QED) is 0.344. The van der Waals surface area contributed by atoms with Crippen LogP contribution in [-0.4, -0.2) is 32.2 Å². The minimum Gasteiger partial charge on any atom is -0.367 e. The highest BCUT2D eigenvalue weighted by Gasteiger charge is 2.41. The number of nitro groups is 1. The Morgan fingerprint density at radius 2 is 2.22 bits per heavy atom. The lowest BCUT2D eigenvalue weighted by atomic mass is 10.2. The average molecular weight is 273 g/mol. The SMILES string of the molecule is C[C@]1(COS(=O)(=O)c2cccc([N+](=O)[O-])c2)CO1. The Kier molecular flexibility index (Phi) is 3.09. The molecule has 1 aromatic carbocycles. The van der Waals surface area contributed by atoms with Gasteiger partial charge in [0, 0.05) is 12.1 Å². The summed E-state index contributed by atoms with van der Waals surface area (Å²) in [4.78, 5) is 9.66. The molecule has 0 amide bonds. The van der Waals surface area contributed by atoms with E-state index in [4.69, 9.17) is 8.92 Å². The van der Waals surface area contributed by atoms with E-state index >= 15 is 0 Å². The summed E-state index contributed by atoms with van der Waals surface area (Å²) < 4.78 is 33.4. The molecule has 1 fully saturated rings. The summed E-state index contributed by atoms with van der Waals surface area (Å²) in [6.07, 6.45) is 0. The average Bonchev–Trinajstić information content (AvgIpc) is 3.06. The van der Waals surface area contributed by atoms with Crippen molar-refractivity contribution in [1.82, 2.24) is 0 Å². The summed E-state index contributed by atoms with van der Waals surface area (Å²) in [5, 5.41) is 10.6. The van der Waals surface area contributed by atoms with Gasteiger partial charge in [-0.05, 0) is 13.0 Å². The van der Waals surface area contributed by atoms with E-state index in [1.165, 1.54) is 18.2 Å². The van der Waals surface area contributed by atoms with Crippen LogP contribution in [0.2, 0.25) is 0 Å². The molecular formula is C10H11NO6S. The highest BCUT2D eigenvalue weighted by Crippen LogP contribution is 2.28. The third-order valence-electron chi connectivity index (χ3n) is 2.47. The van der Waals surface area contributed by atoms with Gasteiger partial charge >= 0.3 is 0 Å². The molecule has 0 radical (unpaired) electrons. The number of nitrogens with zero attached hydrogens (tertiary/aromatic N) is 1. The molecule has 18 heavy (non-hydrogen) atoms. The fraction of sp³-hybridized carbons (Fsp3) is 0.400. The maximum absolute atomic E-state index is 11.8. The molecule has 0 aromatic heterocycles. The van der Waals surface area contributed by atoms with Gasteiger partial charge in [-0.25, -0.2) is 0 Å². The van der Waals surface area contributed by atoms with Gasteiger partial charge in [-0.15, -0.1) is 0 Å². The Morgan fingerprint density at radius 3 is 2.78 bits per heavy atom. The van der Waals surface area contributed by atoms with E-state index in [1.54, 1.807) is 6.92 Å². The topological polar surface area (TPSA) is 99.0 Å². The largest absolute Gasteiger partial charge is 0.367 e. The number of hydrogen-bond acceptors (Lipinski definition) is 6. The number of nitro benzene ring substituents is 1. The highest BCUT2D eigenvalue weighted by molar-refractivity contribution is 7.86. The van der Waals surface area contributed by atoms with Crippen LogP contribution in [0.3, 0.4) is 0 Å². The first-order valence-electron chi connectivity index (χ1n) is 5.10. The number of hydrogen-bond donors (Lipinski definition) is 0. The number of rotatable bonds is 5. The summed E-state index contributed by atoms with van der Waals surface area (Å²) in [7, 11) is -3.99. The van der Waals surface area contributed by atoms with E-state index in [-0.39, 0.29) is 17.2 Å². The normalized spacial score (nSPS) is 22.7. The molecular weight excluding hydrogens is 262 g/mol. The fourth-order valence-corrected chi connectivity index (χ4v) is 2.28. The Labute approximate surface area is 104 Å². The molecule has 1 aliphatic heterocycles. The first kappa shape index (κ1) is 12.9. The summed E-state index contributed by atoms with van der Waals surface area (Å²) in [5.74, 6) is 0. The Hall–Kier alpha value is -1.51. The number of benzene rings is 1. The van der Waals surface area contributed by atoms with Gasteiger partial charge < -0.3 is 4.74 Å². The van der Waals surface area contributed by atoms with Crippen molar-refractivity contribution in [3.05, 3.63) is 34.4 Å². The molecule has 1 aliphatic rings. The van der Waals surface area contributed by atoms with E-state index in [1.807, 2.05) is 0 Å². The second-order valence-corrected chi connectivity index (χ2v) is 5.82. The van der Waals surface area contributed by atoms with Crippen molar-refractivity contribution in [2.24, 2.45) is 0 Å². The van der Waals surface area contributed by atoms with E-state index in [9.17, 15) is 18.5 Å². The van der Waals surface area contributed by atoms with E-state index < -0.39 is 20.6 Å². The van der Waals surface area contributed by atoms with Crippen LogP contribution < -0.4 is 0 Å². The smallest absolute Gasteiger partial charge is 0.297 e. The number of non-ortho nitro benzene ring substituents is 1. The molecule has 0 unspecified atom stereocenters. The van der Waals surface area contributed by atoms with Gasteiger partial charge in [0.25, 0.3) is 15.8 Å². The van der Waals surface area contributed by atoms with E-state index in [2.05, 4.69) is 0 Å². The van der Waals surface area contributed by atoms with Gasteiger partial charge in [0.2, 0.25) is 0 Å². The Balaban J connectivity index is 2.18. The zero-order chi connectivity index (χ0) is 13.4. The van der Waals surface area contributed by atoms with E-state index in [0.29, 0.717) is 6.61 Å². The van der Waals surface area contributed by atoms with Crippen LogP contribution >= 0.6 is 0 Å². The van der Waals surface area contributed by atoms with Crippen molar-refractivity contribution in [1.29, 1.82) is 0 Å². The minimum atomic E-state index is -3.99. The molecule has 98 valence electrons. The molecule has 2 rings (SSSR count). The molecule has 0 saturated carbocycles. The van der Waals surface area contributed by atoms with Gasteiger partial charge in [-0.2, -0.15) is 8.42 Å². The van der Waals surface area contributed by atoms with Crippen LogP contribution in [0.5, 0.6) is 0 Å². The van der Waals surface area contributed by atoms with Crippen molar-refractivity contribution in [3.63, 3.8) is 0 Å². The molecule has 7 nitrogen and oxygen atoms in total. The Morgan fingerprint density at radius 1 is 1.56 bits per heavy atom. The zero-order valence-electron chi connectivity index (χ0n) is 9.53. The molecule has 1 heterocycles. The predicted molar refractivity (Wildman–Crippen MR) is 60.6 cm³/mol. The van der Waals surface area contributed by atoms with Crippen LogP contribution in [0, 0.1) is 10.1 Å². The van der Waals surface area contributed by atoms with Crippen LogP contribution in [0.15, 0.2) is 29.2 Å². The van der Waals surface area contributed by atoms with Crippen molar-refractivity contribution < 1.29 is 22.3 Å². The maximum atomic E-state index is 11.8. The lowest BCUT2D eigenvalue weighted by Crippen LogP contribution is -2.18.